The molecule has 1 amide bonds. The van der Waals surface area contributed by atoms with Gasteiger partial charge in [-0.05, 0) is 50.3 Å². The molecule has 2 aliphatic rings. The summed E-state index contributed by atoms with van der Waals surface area (Å²) >= 11 is 0. The fourth-order valence-corrected chi connectivity index (χ4v) is 4.17. The van der Waals surface area contributed by atoms with E-state index in [1.165, 1.54) is 56.2 Å². The highest BCUT2D eigenvalue weighted by Crippen LogP contribution is 2.21. The van der Waals surface area contributed by atoms with Crippen molar-refractivity contribution < 1.29 is 9.53 Å². The van der Waals surface area contributed by atoms with E-state index in [1.807, 2.05) is 0 Å². The van der Waals surface area contributed by atoms with E-state index in [2.05, 4.69) is 41.4 Å². The summed E-state index contributed by atoms with van der Waals surface area (Å²) in [6.07, 6.45) is 10.2. The predicted molar refractivity (Wildman–Crippen MR) is 105 cm³/mol. The van der Waals surface area contributed by atoms with E-state index >= 15 is 0 Å². The molecular formula is C22H34N2O2. The number of hydrogen-bond acceptors (Lipinski definition) is 3. The molecule has 144 valence electrons. The molecule has 0 spiro atoms. The van der Waals surface area contributed by atoms with E-state index in [0.29, 0.717) is 12.6 Å². The lowest BCUT2D eigenvalue weighted by molar-refractivity contribution is -0.128. The molecule has 1 N–H and O–H groups in total. The van der Waals surface area contributed by atoms with Crippen molar-refractivity contribution >= 4 is 5.91 Å². The molecule has 3 rings (SSSR count). The molecule has 1 saturated carbocycles. The van der Waals surface area contributed by atoms with Crippen molar-refractivity contribution in [2.45, 2.75) is 83.5 Å². The lowest BCUT2D eigenvalue weighted by atomic mass is 9.98. The lowest BCUT2D eigenvalue weighted by Crippen LogP contribution is -2.37. The molecule has 1 heterocycles. The molecule has 1 aliphatic carbocycles. The van der Waals surface area contributed by atoms with Gasteiger partial charge < -0.3 is 10.1 Å². The van der Waals surface area contributed by atoms with Gasteiger partial charge in [-0.25, -0.2) is 0 Å². The molecule has 1 saturated heterocycles. The standard InChI is InChI=1S/C22H34N2O2/c1-18-9-7-8-14-24(18)16-20-11-6-5-10-19(20)15-23-22(25)17-26-21-12-3-2-4-13-21/h5-6,10-11,18,21H,2-4,7-9,12-17H2,1H3,(H,23,25). The fourth-order valence-electron chi connectivity index (χ4n) is 4.17. The lowest BCUT2D eigenvalue weighted by Gasteiger charge is -2.33. The second-order valence-corrected chi connectivity index (χ2v) is 7.93. The SMILES string of the molecule is CC1CCCCN1Cc1ccccc1CNC(=O)COC1CCCCC1. The van der Waals surface area contributed by atoms with Crippen LogP contribution in [0.15, 0.2) is 24.3 Å². The molecule has 1 atom stereocenters. The topological polar surface area (TPSA) is 41.6 Å². The average molecular weight is 359 g/mol. The summed E-state index contributed by atoms with van der Waals surface area (Å²) in [5.41, 5.74) is 2.55. The van der Waals surface area contributed by atoms with Crippen molar-refractivity contribution in [1.29, 1.82) is 0 Å². The van der Waals surface area contributed by atoms with Crippen LogP contribution >= 0.6 is 0 Å². The second-order valence-electron chi connectivity index (χ2n) is 7.93. The van der Waals surface area contributed by atoms with E-state index < -0.39 is 0 Å². The van der Waals surface area contributed by atoms with Crippen molar-refractivity contribution in [3.63, 3.8) is 0 Å². The zero-order chi connectivity index (χ0) is 18.2. The molecule has 0 radical (unpaired) electrons. The largest absolute Gasteiger partial charge is 0.368 e. The minimum absolute atomic E-state index is 0.00304. The van der Waals surface area contributed by atoms with Gasteiger partial charge in [0.15, 0.2) is 0 Å². The highest BCUT2D eigenvalue weighted by molar-refractivity contribution is 5.77. The summed E-state index contributed by atoms with van der Waals surface area (Å²) in [4.78, 5) is 14.7. The Morgan fingerprint density at radius 2 is 1.81 bits per heavy atom. The Hall–Kier alpha value is -1.39. The van der Waals surface area contributed by atoms with Crippen molar-refractivity contribution in [2.75, 3.05) is 13.2 Å². The van der Waals surface area contributed by atoms with Crippen molar-refractivity contribution in [2.24, 2.45) is 0 Å². The third-order valence-corrected chi connectivity index (χ3v) is 5.91. The van der Waals surface area contributed by atoms with Crippen LogP contribution in [0.5, 0.6) is 0 Å². The predicted octanol–water partition coefficient (Wildman–Crippen LogP) is 4.03. The van der Waals surface area contributed by atoms with Gasteiger partial charge in [0.2, 0.25) is 5.91 Å². The molecule has 4 nitrogen and oxygen atoms in total. The maximum absolute atomic E-state index is 12.2. The van der Waals surface area contributed by atoms with Crippen LogP contribution in [0.4, 0.5) is 0 Å². The van der Waals surface area contributed by atoms with Crippen LogP contribution in [0.2, 0.25) is 0 Å². The summed E-state index contributed by atoms with van der Waals surface area (Å²) in [6.45, 7) is 5.26. The third kappa shape index (κ3) is 5.82. The van der Waals surface area contributed by atoms with E-state index in [4.69, 9.17) is 4.74 Å². The Bertz CT molecular complexity index is 569. The number of nitrogens with zero attached hydrogens (tertiary/aromatic N) is 1. The number of hydrogen-bond donors (Lipinski definition) is 1. The molecule has 2 fully saturated rings. The zero-order valence-corrected chi connectivity index (χ0v) is 16.2. The normalized spacial score (nSPS) is 22.3. The molecule has 0 aromatic heterocycles. The molecule has 1 aliphatic heterocycles. The first-order chi connectivity index (χ1) is 12.7. The maximum atomic E-state index is 12.2. The Morgan fingerprint density at radius 1 is 1.08 bits per heavy atom. The smallest absolute Gasteiger partial charge is 0.246 e. The van der Waals surface area contributed by atoms with Crippen LogP contribution in [0.1, 0.15) is 69.4 Å². The van der Waals surface area contributed by atoms with Gasteiger partial charge in [-0.1, -0.05) is 49.9 Å². The quantitative estimate of drug-likeness (QED) is 0.800. The van der Waals surface area contributed by atoms with Crippen LogP contribution in [-0.2, 0) is 22.6 Å². The van der Waals surface area contributed by atoms with Gasteiger partial charge in [0, 0.05) is 19.1 Å². The summed E-state index contributed by atoms with van der Waals surface area (Å²) < 4.78 is 5.78. The van der Waals surface area contributed by atoms with Crippen LogP contribution in [-0.4, -0.2) is 36.1 Å². The average Bonchev–Trinajstić information content (AvgIpc) is 2.68. The second kappa shape index (κ2) is 10.1. The maximum Gasteiger partial charge on any atom is 0.246 e. The van der Waals surface area contributed by atoms with Crippen molar-refractivity contribution in [1.82, 2.24) is 10.2 Å². The van der Waals surface area contributed by atoms with Gasteiger partial charge >= 0.3 is 0 Å². The highest BCUT2D eigenvalue weighted by Gasteiger charge is 2.19. The fraction of sp³-hybridized carbons (Fsp3) is 0.682. The first-order valence-corrected chi connectivity index (χ1v) is 10.4. The Balaban J connectivity index is 1.47. The molecule has 0 bridgehead atoms. The Kier molecular flexibility index (Phi) is 7.51. The van der Waals surface area contributed by atoms with Gasteiger partial charge in [0.1, 0.15) is 6.61 Å². The number of rotatable bonds is 7. The van der Waals surface area contributed by atoms with E-state index in [-0.39, 0.29) is 18.6 Å². The first kappa shape index (κ1) is 19.4. The summed E-state index contributed by atoms with van der Waals surface area (Å²) in [5, 5.41) is 3.04. The summed E-state index contributed by atoms with van der Waals surface area (Å²) in [6, 6.07) is 9.13. The Labute approximate surface area is 158 Å². The number of likely N-dealkylation sites (tertiary alicyclic amines) is 1. The van der Waals surface area contributed by atoms with E-state index in [9.17, 15) is 4.79 Å². The summed E-state index contributed by atoms with van der Waals surface area (Å²) in [7, 11) is 0. The highest BCUT2D eigenvalue weighted by atomic mass is 16.5. The van der Waals surface area contributed by atoms with Gasteiger partial charge in [0.25, 0.3) is 0 Å². The number of carbonyl (C=O) groups excluding carboxylic acids is 1. The molecule has 1 aromatic carbocycles. The van der Waals surface area contributed by atoms with Gasteiger partial charge in [-0.3, -0.25) is 9.69 Å². The van der Waals surface area contributed by atoms with Crippen LogP contribution in [0, 0.1) is 0 Å². The monoisotopic (exact) mass is 358 g/mol. The van der Waals surface area contributed by atoms with Crippen LogP contribution in [0.3, 0.4) is 0 Å². The molecular weight excluding hydrogens is 324 g/mol. The van der Waals surface area contributed by atoms with Crippen molar-refractivity contribution in [3.8, 4) is 0 Å². The number of nitrogens with one attached hydrogen (secondary N) is 1. The first-order valence-electron chi connectivity index (χ1n) is 10.4. The van der Waals surface area contributed by atoms with E-state index in [1.54, 1.807) is 0 Å². The van der Waals surface area contributed by atoms with Crippen LogP contribution < -0.4 is 5.32 Å². The van der Waals surface area contributed by atoms with Gasteiger partial charge in [-0.15, -0.1) is 0 Å². The Morgan fingerprint density at radius 3 is 2.58 bits per heavy atom. The van der Waals surface area contributed by atoms with Crippen molar-refractivity contribution in [3.05, 3.63) is 35.4 Å². The number of benzene rings is 1. The van der Waals surface area contributed by atoms with Crippen LogP contribution in [0.25, 0.3) is 0 Å². The van der Waals surface area contributed by atoms with Gasteiger partial charge in [0.05, 0.1) is 6.10 Å². The number of amides is 1. The number of piperidine rings is 1. The zero-order valence-electron chi connectivity index (χ0n) is 16.2. The van der Waals surface area contributed by atoms with E-state index in [0.717, 1.165) is 19.4 Å². The number of ether oxygens (including phenoxy) is 1. The van der Waals surface area contributed by atoms with Gasteiger partial charge in [-0.2, -0.15) is 0 Å². The minimum Gasteiger partial charge on any atom is -0.368 e. The number of carbonyl (C=O) groups is 1. The molecule has 1 unspecified atom stereocenters. The summed E-state index contributed by atoms with van der Waals surface area (Å²) in [5.74, 6) is -0.00304. The molecule has 26 heavy (non-hydrogen) atoms. The molecule has 4 heteroatoms. The minimum atomic E-state index is -0.00304. The third-order valence-electron chi connectivity index (χ3n) is 5.91. The molecule has 1 aromatic rings.